The van der Waals surface area contributed by atoms with Crippen molar-refractivity contribution in [2.24, 2.45) is 0 Å². The highest BCUT2D eigenvalue weighted by Gasteiger charge is 2.11. The molecule has 0 atom stereocenters. The number of benzene rings is 2. The Kier molecular flexibility index (Phi) is 4.80. The van der Waals surface area contributed by atoms with Crippen molar-refractivity contribution in [1.29, 1.82) is 0 Å². The molecule has 4 aromatic rings. The van der Waals surface area contributed by atoms with Crippen LogP contribution in [0.4, 0.5) is 4.39 Å². The maximum atomic E-state index is 12.9. The molecule has 4 rings (SSSR count). The third-order valence-electron chi connectivity index (χ3n) is 4.01. The lowest BCUT2D eigenvalue weighted by atomic mass is 10.1. The third kappa shape index (κ3) is 3.96. The average Bonchev–Trinajstić information content (AvgIpc) is 3.13. The van der Waals surface area contributed by atoms with Crippen molar-refractivity contribution in [2.45, 2.75) is 6.54 Å². The fourth-order valence-corrected chi connectivity index (χ4v) is 3.57. The molecule has 1 amide bonds. The van der Waals surface area contributed by atoms with E-state index in [1.165, 1.54) is 24.3 Å². The van der Waals surface area contributed by atoms with Gasteiger partial charge in [-0.05, 0) is 35.9 Å². The van der Waals surface area contributed by atoms with E-state index in [4.69, 9.17) is 4.74 Å². The van der Waals surface area contributed by atoms with Crippen LogP contribution in [0.2, 0.25) is 0 Å². The van der Waals surface area contributed by atoms with Crippen LogP contribution in [0, 0.1) is 5.82 Å². The fraction of sp³-hybridized carbons (Fsp3) is 0.0476. The number of rotatable bonds is 5. The molecule has 1 N–H and O–H groups in total. The minimum absolute atomic E-state index is 0.112. The summed E-state index contributed by atoms with van der Waals surface area (Å²) in [5.74, 6) is 0.480. The van der Waals surface area contributed by atoms with Crippen LogP contribution >= 0.6 is 11.3 Å². The maximum Gasteiger partial charge on any atom is 0.253 e. The molecule has 0 fully saturated rings. The van der Waals surface area contributed by atoms with Gasteiger partial charge in [-0.3, -0.25) is 4.79 Å². The van der Waals surface area contributed by atoms with Gasteiger partial charge in [-0.25, -0.2) is 9.37 Å². The Morgan fingerprint density at radius 2 is 1.89 bits per heavy atom. The topological polar surface area (TPSA) is 51.2 Å². The normalized spacial score (nSPS) is 10.7. The highest BCUT2D eigenvalue weighted by molar-refractivity contribution is 7.17. The summed E-state index contributed by atoms with van der Waals surface area (Å²) < 4.78 is 19.6. The Labute approximate surface area is 159 Å². The Morgan fingerprint density at radius 3 is 2.67 bits per heavy atom. The van der Waals surface area contributed by atoms with Crippen LogP contribution in [0.15, 0.2) is 72.2 Å². The molecule has 0 radical (unpaired) electrons. The third-order valence-corrected chi connectivity index (χ3v) is 4.98. The van der Waals surface area contributed by atoms with E-state index < -0.39 is 0 Å². The van der Waals surface area contributed by atoms with Crippen molar-refractivity contribution >= 4 is 27.3 Å². The second-order valence-electron chi connectivity index (χ2n) is 5.89. The molecule has 0 saturated carbocycles. The van der Waals surface area contributed by atoms with Gasteiger partial charge in [0.2, 0.25) is 5.88 Å². The molecule has 4 nitrogen and oxygen atoms in total. The number of nitrogens with zero attached hydrogens (tertiary/aromatic N) is 1. The minimum atomic E-state index is -0.320. The van der Waals surface area contributed by atoms with Gasteiger partial charge in [-0.15, -0.1) is 11.3 Å². The Hall–Kier alpha value is -3.25. The van der Waals surface area contributed by atoms with E-state index in [0.29, 0.717) is 23.7 Å². The van der Waals surface area contributed by atoms with Crippen LogP contribution in [0.25, 0.3) is 10.1 Å². The molecule has 27 heavy (non-hydrogen) atoms. The number of fused-ring (bicyclic) bond motifs is 1. The monoisotopic (exact) mass is 378 g/mol. The van der Waals surface area contributed by atoms with Crippen molar-refractivity contribution in [3.8, 4) is 11.6 Å². The number of carbonyl (C=O) groups excluding carboxylic acids is 1. The van der Waals surface area contributed by atoms with E-state index in [-0.39, 0.29) is 11.7 Å². The summed E-state index contributed by atoms with van der Waals surface area (Å²) >= 11 is 1.55. The lowest BCUT2D eigenvalue weighted by Crippen LogP contribution is -2.22. The first-order chi connectivity index (χ1) is 13.2. The van der Waals surface area contributed by atoms with Crippen molar-refractivity contribution in [1.82, 2.24) is 10.3 Å². The smallest absolute Gasteiger partial charge is 0.253 e. The van der Waals surface area contributed by atoms with Crippen LogP contribution in [0.5, 0.6) is 11.6 Å². The first kappa shape index (κ1) is 17.2. The average molecular weight is 378 g/mol. The Morgan fingerprint density at radius 1 is 1.07 bits per heavy atom. The van der Waals surface area contributed by atoms with Crippen molar-refractivity contribution in [3.05, 3.63) is 89.2 Å². The van der Waals surface area contributed by atoms with Crippen LogP contribution < -0.4 is 10.1 Å². The molecule has 134 valence electrons. The second-order valence-corrected chi connectivity index (χ2v) is 6.80. The van der Waals surface area contributed by atoms with E-state index in [1.54, 1.807) is 23.6 Å². The maximum absolute atomic E-state index is 12.9. The predicted octanol–water partition coefficient (Wildman–Crippen LogP) is 5.16. The van der Waals surface area contributed by atoms with Gasteiger partial charge in [0.1, 0.15) is 11.6 Å². The first-order valence-corrected chi connectivity index (χ1v) is 9.20. The SMILES string of the molecule is O=C(NCc1ccc(Oc2ccc(F)cc2)nc1)c1csc2ccccc12. The van der Waals surface area contributed by atoms with E-state index in [9.17, 15) is 9.18 Å². The highest BCUT2D eigenvalue weighted by atomic mass is 32.1. The summed E-state index contributed by atoms with van der Waals surface area (Å²) in [6.07, 6.45) is 1.64. The molecule has 0 aliphatic carbocycles. The molecule has 0 bridgehead atoms. The molecular formula is C21H15FN2O2S. The summed E-state index contributed by atoms with van der Waals surface area (Å²) in [7, 11) is 0. The quantitative estimate of drug-likeness (QED) is 0.522. The molecule has 0 aliphatic heterocycles. The van der Waals surface area contributed by atoms with Crippen LogP contribution in [-0.2, 0) is 6.54 Å². The molecular weight excluding hydrogens is 363 g/mol. The summed E-state index contributed by atoms with van der Waals surface area (Å²) in [5.41, 5.74) is 1.54. The largest absolute Gasteiger partial charge is 0.439 e. The zero-order valence-corrected chi connectivity index (χ0v) is 15.0. The molecule has 2 heterocycles. The van der Waals surface area contributed by atoms with E-state index in [1.807, 2.05) is 35.7 Å². The van der Waals surface area contributed by atoms with Gasteiger partial charge in [0.15, 0.2) is 0 Å². The molecule has 0 aliphatic rings. The highest BCUT2D eigenvalue weighted by Crippen LogP contribution is 2.25. The minimum Gasteiger partial charge on any atom is -0.439 e. The Balaban J connectivity index is 1.38. The second kappa shape index (κ2) is 7.55. The van der Waals surface area contributed by atoms with Gasteiger partial charge in [0.25, 0.3) is 5.91 Å². The van der Waals surface area contributed by atoms with Gasteiger partial charge in [-0.2, -0.15) is 0 Å². The molecule has 2 aromatic heterocycles. The lowest BCUT2D eigenvalue weighted by Gasteiger charge is -2.07. The lowest BCUT2D eigenvalue weighted by molar-refractivity contribution is 0.0953. The number of amides is 1. The van der Waals surface area contributed by atoms with E-state index in [2.05, 4.69) is 10.3 Å². The van der Waals surface area contributed by atoms with Crippen molar-refractivity contribution in [2.75, 3.05) is 0 Å². The fourth-order valence-electron chi connectivity index (χ4n) is 2.63. The van der Waals surface area contributed by atoms with Gasteiger partial charge in [0, 0.05) is 34.3 Å². The van der Waals surface area contributed by atoms with Gasteiger partial charge >= 0.3 is 0 Å². The first-order valence-electron chi connectivity index (χ1n) is 8.32. The van der Waals surface area contributed by atoms with Crippen LogP contribution in [0.3, 0.4) is 0 Å². The zero-order chi connectivity index (χ0) is 18.6. The number of nitrogens with one attached hydrogen (secondary N) is 1. The molecule has 2 aromatic carbocycles. The zero-order valence-electron chi connectivity index (χ0n) is 14.2. The summed E-state index contributed by atoms with van der Waals surface area (Å²) in [6.45, 7) is 0.368. The van der Waals surface area contributed by atoms with Crippen LogP contribution in [-0.4, -0.2) is 10.9 Å². The van der Waals surface area contributed by atoms with E-state index in [0.717, 1.165) is 15.6 Å². The molecule has 0 unspecified atom stereocenters. The van der Waals surface area contributed by atoms with Crippen molar-refractivity contribution in [3.63, 3.8) is 0 Å². The number of aromatic nitrogens is 1. The van der Waals surface area contributed by atoms with Gasteiger partial charge in [-0.1, -0.05) is 24.3 Å². The standard InChI is InChI=1S/C21H15FN2O2S/c22-15-6-8-16(9-7-15)26-20-10-5-14(11-23-20)12-24-21(25)18-13-27-19-4-2-1-3-17(18)19/h1-11,13H,12H2,(H,24,25). The van der Waals surface area contributed by atoms with Gasteiger partial charge in [0.05, 0.1) is 5.56 Å². The Bertz CT molecular complexity index is 1080. The van der Waals surface area contributed by atoms with Crippen molar-refractivity contribution < 1.29 is 13.9 Å². The number of carbonyl (C=O) groups is 1. The van der Waals surface area contributed by atoms with E-state index >= 15 is 0 Å². The predicted molar refractivity (Wildman–Crippen MR) is 104 cm³/mol. The number of halogens is 1. The van der Waals surface area contributed by atoms with Crippen LogP contribution in [0.1, 0.15) is 15.9 Å². The molecule has 0 saturated heterocycles. The number of pyridine rings is 1. The number of ether oxygens (including phenoxy) is 1. The molecule has 0 spiro atoms. The van der Waals surface area contributed by atoms with Gasteiger partial charge < -0.3 is 10.1 Å². The summed E-state index contributed by atoms with van der Waals surface area (Å²) in [4.78, 5) is 16.7. The number of thiophene rings is 1. The molecule has 6 heteroatoms. The number of hydrogen-bond acceptors (Lipinski definition) is 4. The summed E-state index contributed by atoms with van der Waals surface area (Å²) in [5, 5.41) is 5.75. The number of hydrogen-bond donors (Lipinski definition) is 1. The summed E-state index contributed by atoms with van der Waals surface area (Å²) in [6, 6.07) is 17.1.